The molecule has 2 unspecified atom stereocenters. The average Bonchev–Trinajstić information content (AvgIpc) is 3.41. The number of amides is 1. The Balaban J connectivity index is 1.43. The third kappa shape index (κ3) is 3.93. The highest BCUT2D eigenvalue weighted by atomic mass is 19.4. The van der Waals surface area contributed by atoms with Crippen LogP contribution in [0, 0.1) is 5.92 Å². The number of pyridine rings is 2. The maximum Gasteiger partial charge on any atom is 0.417 e. The summed E-state index contributed by atoms with van der Waals surface area (Å²) < 4.78 is 50.1. The van der Waals surface area contributed by atoms with Crippen molar-refractivity contribution < 1.29 is 27.4 Å². The fraction of sp³-hybridized carbons (Fsp3) is 0.400. The molecule has 3 heterocycles. The van der Waals surface area contributed by atoms with Crippen molar-refractivity contribution in [1.29, 1.82) is 0 Å². The predicted octanol–water partition coefficient (Wildman–Crippen LogP) is 5.12. The van der Waals surface area contributed by atoms with Gasteiger partial charge in [-0.2, -0.15) is 13.2 Å². The molecule has 5 rings (SSSR count). The van der Waals surface area contributed by atoms with Gasteiger partial charge in [0.05, 0.1) is 17.7 Å². The molecular weight excluding hydrogens is 447 g/mol. The predicted molar refractivity (Wildman–Crippen MR) is 119 cm³/mol. The standard InChI is InChI=1S/C25H24F3N3O3/c1-2-33-22-21(19-6-4-3-5-17(19)12-30-22)23(32)31-14-16-9-10-24(31,11-16)15-34-20-8-7-18(13-29-20)25(26,27)28/h3-8,12-13,16H,2,9-11,14-15H2,1H3. The zero-order chi connectivity index (χ0) is 23.9. The molecule has 3 aromatic rings. The van der Waals surface area contributed by atoms with Gasteiger partial charge < -0.3 is 14.4 Å². The van der Waals surface area contributed by atoms with Gasteiger partial charge in [0.15, 0.2) is 0 Å². The molecule has 2 atom stereocenters. The average molecular weight is 471 g/mol. The number of carbonyl (C=O) groups is 1. The molecule has 1 saturated carbocycles. The van der Waals surface area contributed by atoms with Crippen molar-refractivity contribution in [1.82, 2.24) is 14.9 Å². The van der Waals surface area contributed by atoms with Crippen LogP contribution < -0.4 is 9.47 Å². The van der Waals surface area contributed by atoms with Gasteiger partial charge >= 0.3 is 6.18 Å². The van der Waals surface area contributed by atoms with Crippen LogP contribution >= 0.6 is 0 Å². The minimum atomic E-state index is -4.46. The fourth-order valence-electron chi connectivity index (χ4n) is 5.15. The Morgan fingerprint density at radius 2 is 1.97 bits per heavy atom. The molecule has 1 amide bonds. The molecule has 2 bridgehead atoms. The molecule has 1 aliphatic heterocycles. The monoisotopic (exact) mass is 471 g/mol. The Morgan fingerprint density at radius 3 is 2.68 bits per heavy atom. The molecule has 0 N–H and O–H groups in total. The Hall–Kier alpha value is -3.36. The van der Waals surface area contributed by atoms with E-state index in [1.54, 1.807) is 6.20 Å². The number of nitrogens with zero attached hydrogens (tertiary/aromatic N) is 3. The third-order valence-corrected chi connectivity index (χ3v) is 6.76. The van der Waals surface area contributed by atoms with Gasteiger partial charge in [0.2, 0.25) is 11.8 Å². The highest BCUT2D eigenvalue weighted by molar-refractivity contribution is 6.09. The van der Waals surface area contributed by atoms with Crippen LogP contribution in [0.25, 0.3) is 10.8 Å². The number of rotatable bonds is 6. The summed E-state index contributed by atoms with van der Waals surface area (Å²) in [7, 11) is 0. The lowest BCUT2D eigenvalue weighted by atomic mass is 9.96. The van der Waals surface area contributed by atoms with E-state index in [0.717, 1.165) is 42.3 Å². The Kier molecular flexibility index (Phi) is 5.58. The quantitative estimate of drug-likeness (QED) is 0.499. The molecule has 34 heavy (non-hydrogen) atoms. The maximum absolute atomic E-state index is 13.9. The lowest BCUT2D eigenvalue weighted by Crippen LogP contribution is -2.52. The second kappa shape index (κ2) is 8.45. The lowest BCUT2D eigenvalue weighted by molar-refractivity contribution is -0.137. The summed E-state index contributed by atoms with van der Waals surface area (Å²) in [6.45, 7) is 2.98. The first-order valence-electron chi connectivity index (χ1n) is 11.3. The number of halogens is 3. The largest absolute Gasteiger partial charge is 0.477 e. The maximum atomic E-state index is 13.9. The van der Waals surface area contributed by atoms with E-state index in [1.165, 1.54) is 6.07 Å². The number of carbonyl (C=O) groups excluding carboxylic acids is 1. The molecular formula is C25H24F3N3O3. The van der Waals surface area contributed by atoms with Gasteiger partial charge in [0.25, 0.3) is 5.91 Å². The van der Waals surface area contributed by atoms with Crippen LogP contribution in [0.2, 0.25) is 0 Å². The van der Waals surface area contributed by atoms with Crippen molar-refractivity contribution in [3.63, 3.8) is 0 Å². The van der Waals surface area contributed by atoms with Gasteiger partial charge in [-0.15, -0.1) is 0 Å². The van der Waals surface area contributed by atoms with Crippen LogP contribution in [0.4, 0.5) is 13.2 Å². The van der Waals surface area contributed by atoms with Gasteiger partial charge in [-0.1, -0.05) is 24.3 Å². The Morgan fingerprint density at radius 1 is 1.15 bits per heavy atom. The number of benzene rings is 1. The van der Waals surface area contributed by atoms with Crippen LogP contribution in [-0.4, -0.2) is 46.1 Å². The minimum Gasteiger partial charge on any atom is -0.477 e. The highest BCUT2D eigenvalue weighted by Crippen LogP contribution is 2.48. The van der Waals surface area contributed by atoms with Crippen molar-refractivity contribution in [3.8, 4) is 11.8 Å². The van der Waals surface area contributed by atoms with Crippen LogP contribution in [0.5, 0.6) is 11.8 Å². The van der Waals surface area contributed by atoms with Crippen LogP contribution in [0.15, 0.2) is 48.8 Å². The van der Waals surface area contributed by atoms with Crippen LogP contribution in [0.3, 0.4) is 0 Å². The topological polar surface area (TPSA) is 64.5 Å². The van der Waals surface area contributed by atoms with E-state index in [9.17, 15) is 18.0 Å². The molecule has 1 saturated heterocycles. The molecule has 6 nitrogen and oxygen atoms in total. The summed E-state index contributed by atoms with van der Waals surface area (Å²) >= 11 is 0. The normalized spacial score (nSPS) is 21.8. The molecule has 0 spiro atoms. The fourth-order valence-corrected chi connectivity index (χ4v) is 5.15. The van der Waals surface area contributed by atoms with Gasteiger partial charge in [-0.25, -0.2) is 9.97 Å². The Labute approximate surface area is 194 Å². The molecule has 2 fully saturated rings. The van der Waals surface area contributed by atoms with Gasteiger partial charge in [-0.3, -0.25) is 4.79 Å². The molecule has 9 heteroatoms. The number of likely N-dealkylation sites (tertiary alicyclic amines) is 1. The molecule has 1 aliphatic carbocycles. The number of fused-ring (bicyclic) bond motifs is 3. The van der Waals surface area contributed by atoms with E-state index in [2.05, 4.69) is 9.97 Å². The molecule has 0 radical (unpaired) electrons. The number of aromatic nitrogens is 2. The highest BCUT2D eigenvalue weighted by Gasteiger charge is 2.54. The van der Waals surface area contributed by atoms with Crippen molar-refractivity contribution in [2.24, 2.45) is 5.92 Å². The number of hydrogen-bond donors (Lipinski definition) is 0. The SMILES string of the molecule is CCOc1ncc2ccccc2c1C(=O)N1CC2CCC1(COc1ccc(C(F)(F)F)cn1)C2. The number of ether oxygens (including phenoxy) is 2. The summed E-state index contributed by atoms with van der Waals surface area (Å²) in [6.07, 6.45) is 0.510. The molecule has 2 aliphatic rings. The van der Waals surface area contributed by atoms with Gasteiger partial charge in [0, 0.05) is 35.8 Å². The molecule has 178 valence electrons. The summed E-state index contributed by atoms with van der Waals surface area (Å²) in [6, 6.07) is 9.72. The van der Waals surface area contributed by atoms with E-state index >= 15 is 0 Å². The zero-order valence-corrected chi connectivity index (χ0v) is 18.6. The first-order chi connectivity index (χ1) is 16.3. The van der Waals surface area contributed by atoms with Crippen molar-refractivity contribution >= 4 is 16.7 Å². The third-order valence-electron chi connectivity index (χ3n) is 6.76. The summed E-state index contributed by atoms with van der Waals surface area (Å²) in [4.78, 5) is 24.0. The van der Waals surface area contributed by atoms with E-state index in [0.29, 0.717) is 30.5 Å². The van der Waals surface area contributed by atoms with Crippen molar-refractivity contribution in [2.75, 3.05) is 19.8 Å². The summed E-state index contributed by atoms with van der Waals surface area (Å²) in [5.41, 5.74) is -0.949. The van der Waals surface area contributed by atoms with Crippen molar-refractivity contribution in [2.45, 2.75) is 37.9 Å². The van der Waals surface area contributed by atoms with E-state index in [4.69, 9.17) is 9.47 Å². The van der Waals surface area contributed by atoms with Crippen LogP contribution in [0.1, 0.15) is 42.1 Å². The van der Waals surface area contributed by atoms with E-state index in [-0.39, 0.29) is 18.4 Å². The van der Waals surface area contributed by atoms with Crippen LogP contribution in [-0.2, 0) is 6.18 Å². The first kappa shape index (κ1) is 22.4. The second-order valence-electron chi connectivity index (χ2n) is 8.88. The minimum absolute atomic E-state index is 0.104. The number of piperidine rings is 1. The zero-order valence-electron chi connectivity index (χ0n) is 18.6. The van der Waals surface area contributed by atoms with E-state index < -0.39 is 17.3 Å². The smallest absolute Gasteiger partial charge is 0.417 e. The molecule has 1 aromatic carbocycles. The first-order valence-corrected chi connectivity index (χ1v) is 11.3. The molecule has 2 aromatic heterocycles. The van der Waals surface area contributed by atoms with E-state index in [1.807, 2.05) is 36.1 Å². The van der Waals surface area contributed by atoms with Gasteiger partial charge in [0.1, 0.15) is 12.2 Å². The summed E-state index contributed by atoms with van der Waals surface area (Å²) in [5, 5.41) is 1.62. The van der Waals surface area contributed by atoms with Gasteiger partial charge in [-0.05, 0) is 38.2 Å². The summed E-state index contributed by atoms with van der Waals surface area (Å²) in [5.74, 6) is 0.590. The second-order valence-corrected chi connectivity index (χ2v) is 8.88. The Bertz CT molecular complexity index is 1220. The van der Waals surface area contributed by atoms with Crippen molar-refractivity contribution in [3.05, 3.63) is 59.9 Å². The number of hydrogen-bond acceptors (Lipinski definition) is 5. The number of alkyl halides is 3. The lowest BCUT2D eigenvalue weighted by Gasteiger charge is -2.38.